The smallest absolute Gasteiger partial charge is 0.269 e. The summed E-state index contributed by atoms with van der Waals surface area (Å²) >= 11 is 0. The predicted octanol–water partition coefficient (Wildman–Crippen LogP) is 4.68. The largest absolute Gasteiger partial charge is 0.508 e. The molecule has 0 saturated heterocycles. The highest BCUT2D eigenvalue weighted by Crippen LogP contribution is 2.47. The van der Waals surface area contributed by atoms with Crippen LogP contribution in [-0.4, -0.2) is 36.0 Å². The Labute approximate surface area is 184 Å². The van der Waals surface area contributed by atoms with Crippen molar-refractivity contribution in [2.45, 2.75) is 6.92 Å². The molecule has 1 heterocycles. The van der Waals surface area contributed by atoms with E-state index in [1.54, 1.807) is 43.3 Å². The normalized spacial score (nSPS) is 12.7. The summed E-state index contributed by atoms with van der Waals surface area (Å²) in [6, 6.07) is 13.0. The molecule has 8 nitrogen and oxygen atoms in total. The zero-order valence-electron chi connectivity index (χ0n) is 17.7. The first-order valence-corrected chi connectivity index (χ1v) is 9.74. The first-order valence-electron chi connectivity index (χ1n) is 9.74. The number of rotatable bonds is 5. The number of nitrogens with zero attached hydrogens (tertiary/aromatic N) is 1. The molecule has 0 aromatic heterocycles. The summed E-state index contributed by atoms with van der Waals surface area (Å²) in [5.41, 5.74) is 4.32. The monoisotopic (exact) mass is 435 g/mol. The van der Waals surface area contributed by atoms with E-state index >= 15 is 0 Å². The zero-order chi connectivity index (χ0) is 23.0. The van der Waals surface area contributed by atoms with Crippen LogP contribution < -0.4 is 14.2 Å². The molecule has 2 N–H and O–H groups in total. The molecule has 0 aliphatic carbocycles. The number of hydrogen-bond donors (Lipinski definition) is 2. The van der Waals surface area contributed by atoms with Gasteiger partial charge in [0.25, 0.3) is 5.69 Å². The van der Waals surface area contributed by atoms with Crippen LogP contribution in [0.2, 0.25) is 0 Å². The van der Waals surface area contributed by atoms with Crippen molar-refractivity contribution in [2.24, 2.45) is 0 Å². The second-order valence-electron chi connectivity index (χ2n) is 7.26. The summed E-state index contributed by atoms with van der Waals surface area (Å²) in [5.74, 6) is 1.02. The molecule has 3 aromatic carbocycles. The SMILES string of the molecule is COc1cc(C2=C(c3ccc([N+](=O)[O-])cc3)c3ccc(O)c(C)c3OC2)cc(OC)c1O. The molecular weight excluding hydrogens is 414 g/mol. The number of methoxy groups -OCH3 is 2. The number of aromatic hydroxyl groups is 2. The minimum atomic E-state index is -0.450. The molecule has 0 radical (unpaired) electrons. The number of ether oxygens (including phenoxy) is 3. The molecule has 164 valence electrons. The van der Waals surface area contributed by atoms with Crippen LogP contribution in [0.15, 0.2) is 48.5 Å². The van der Waals surface area contributed by atoms with E-state index in [0.29, 0.717) is 16.9 Å². The Bertz CT molecular complexity index is 1220. The maximum absolute atomic E-state index is 11.1. The van der Waals surface area contributed by atoms with Crippen molar-refractivity contribution in [1.82, 2.24) is 0 Å². The highest BCUT2D eigenvalue weighted by atomic mass is 16.6. The second-order valence-corrected chi connectivity index (χ2v) is 7.26. The number of nitro benzene ring substituents is 1. The van der Waals surface area contributed by atoms with Gasteiger partial charge in [0.1, 0.15) is 18.1 Å². The van der Waals surface area contributed by atoms with Crippen LogP contribution in [0.4, 0.5) is 5.69 Å². The van der Waals surface area contributed by atoms with Gasteiger partial charge in [0.2, 0.25) is 5.75 Å². The minimum absolute atomic E-state index is 0.0157. The molecule has 1 aliphatic heterocycles. The number of hydrogen-bond acceptors (Lipinski definition) is 7. The molecule has 4 rings (SSSR count). The zero-order valence-corrected chi connectivity index (χ0v) is 17.7. The van der Waals surface area contributed by atoms with Crippen LogP contribution >= 0.6 is 0 Å². The highest BCUT2D eigenvalue weighted by Gasteiger charge is 2.27. The number of non-ortho nitro benzene ring substituents is 1. The van der Waals surface area contributed by atoms with Gasteiger partial charge in [0.15, 0.2) is 11.5 Å². The topological polar surface area (TPSA) is 111 Å². The van der Waals surface area contributed by atoms with Gasteiger partial charge in [-0.05, 0) is 60.0 Å². The van der Waals surface area contributed by atoms with Crippen molar-refractivity contribution in [2.75, 3.05) is 20.8 Å². The van der Waals surface area contributed by atoms with Crippen LogP contribution in [-0.2, 0) is 0 Å². The minimum Gasteiger partial charge on any atom is -0.508 e. The van der Waals surface area contributed by atoms with E-state index in [0.717, 1.165) is 22.3 Å². The van der Waals surface area contributed by atoms with Crippen LogP contribution in [0.1, 0.15) is 22.3 Å². The molecule has 1 aliphatic rings. The molecule has 8 heteroatoms. The van der Waals surface area contributed by atoms with Crippen LogP contribution in [0.3, 0.4) is 0 Å². The van der Waals surface area contributed by atoms with Gasteiger partial charge in [0.05, 0.1) is 19.1 Å². The summed E-state index contributed by atoms with van der Waals surface area (Å²) in [5, 5.41) is 31.6. The lowest BCUT2D eigenvalue weighted by atomic mass is 9.86. The van der Waals surface area contributed by atoms with Crippen molar-refractivity contribution in [3.8, 4) is 28.7 Å². The number of phenols is 2. The van der Waals surface area contributed by atoms with Gasteiger partial charge in [-0.1, -0.05) is 0 Å². The van der Waals surface area contributed by atoms with Crippen LogP contribution in [0.25, 0.3) is 11.1 Å². The summed E-state index contributed by atoms with van der Waals surface area (Å²) in [6.45, 7) is 1.93. The van der Waals surface area contributed by atoms with E-state index in [1.165, 1.54) is 26.4 Å². The lowest BCUT2D eigenvalue weighted by molar-refractivity contribution is -0.384. The Kier molecular flexibility index (Phi) is 5.36. The van der Waals surface area contributed by atoms with Crippen molar-refractivity contribution >= 4 is 16.8 Å². The van der Waals surface area contributed by atoms with E-state index in [4.69, 9.17) is 14.2 Å². The van der Waals surface area contributed by atoms with E-state index in [-0.39, 0.29) is 35.3 Å². The van der Waals surface area contributed by atoms with Gasteiger partial charge in [-0.2, -0.15) is 0 Å². The second kappa shape index (κ2) is 8.14. The third-order valence-corrected chi connectivity index (χ3v) is 5.50. The van der Waals surface area contributed by atoms with Crippen molar-refractivity contribution < 1.29 is 29.3 Å². The molecule has 0 amide bonds. The first-order chi connectivity index (χ1) is 15.3. The predicted molar refractivity (Wildman–Crippen MR) is 119 cm³/mol. The summed E-state index contributed by atoms with van der Waals surface area (Å²) < 4.78 is 16.6. The average molecular weight is 435 g/mol. The third kappa shape index (κ3) is 3.45. The number of fused-ring (bicyclic) bond motifs is 1. The fourth-order valence-electron chi connectivity index (χ4n) is 3.82. The highest BCUT2D eigenvalue weighted by molar-refractivity contribution is 6.02. The molecular formula is C24H21NO7. The van der Waals surface area contributed by atoms with E-state index < -0.39 is 4.92 Å². The maximum atomic E-state index is 11.1. The Morgan fingerprint density at radius 1 is 0.969 bits per heavy atom. The fourth-order valence-corrected chi connectivity index (χ4v) is 3.82. The maximum Gasteiger partial charge on any atom is 0.269 e. The Hall–Kier alpha value is -4.20. The summed E-state index contributed by atoms with van der Waals surface area (Å²) in [6.07, 6.45) is 0. The number of benzene rings is 3. The molecule has 0 bridgehead atoms. The van der Waals surface area contributed by atoms with Crippen LogP contribution in [0, 0.1) is 17.0 Å². The summed E-state index contributed by atoms with van der Waals surface area (Å²) in [4.78, 5) is 10.7. The molecule has 0 spiro atoms. The van der Waals surface area contributed by atoms with Crippen LogP contribution in [0.5, 0.6) is 28.7 Å². The Balaban J connectivity index is 2.01. The van der Waals surface area contributed by atoms with Gasteiger partial charge in [-0.15, -0.1) is 0 Å². The molecule has 0 atom stereocenters. The molecule has 32 heavy (non-hydrogen) atoms. The van der Waals surface area contributed by atoms with Gasteiger partial charge in [-0.25, -0.2) is 0 Å². The van der Waals surface area contributed by atoms with E-state index in [1.807, 2.05) is 0 Å². The van der Waals surface area contributed by atoms with Crippen molar-refractivity contribution in [3.63, 3.8) is 0 Å². The first kappa shape index (κ1) is 21.0. The third-order valence-electron chi connectivity index (χ3n) is 5.50. The Morgan fingerprint density at radius 3 is 2.16 bits per heavy atom. The van der Waals surface area contributed by atoms with Gasteiger partial charge < -0.3 is 24.4 Å². The number of nitro groups is 1. The molecule has 0 fully saturated rings. The lowest BCUT2D eigenvalue weighted by Crippen LogP contribution is -2.13. The quantitative estimate of drug-likeness (QED) is 0.442. The fraction of sp³-hybridized carbons (Fsp3) is 0.167. The van der Waals surface area contributed by atoms with Gasteiger partial charge in [-0.3, -0.25) is 10.1 Å². The van der Waals surface area contributed by atoms with E-state index in [2.05, 4.69) is 0 Å². The Morgan fingerprint density at radius 2 is 1.59 bits per heavy atom. The van der Waals surface area contributed by atoms with Crippen molar-refractivity contribution in [3.05, 3.63) is 80.9 Å². The van der Waals surface area contributed by atoms with Gasteiger partial charge in [0, 0.05) is 28.8 Å². The molecule has 0 unspecified atom stereocenters. The molecule has 3 aromatic rings. The molecule has 0 saturated carbocycles. The van der Waals surface area contributed by atoms with Gasteiger partial charge >= 0.3 is 0 Å². The van der Waals surface area contributed by atoms with E-state index in [9.17, 15) is 20.3 Å². The summed E-state index contributed by atoms with van der Waals surface area (Å²) in [7, 11) is 2.89. The van der Waals surface area contributed by atoms with Crippen molar-refractivity contribution in [1.29, 1.82) is 0 Å². The lowest BCUT2D eigenvalue weighted by Gasteiger charge is -2.27. The standard InChI is InChI=1S/C24H21NO7/c1-13-19(26)9-8-17-22(14-4-6-16(7-5-14)25(28)29)18(12-32-24(13)17)15-10-20(30-2)23(27)21(11-15)31-3/h4-11,26-27H,12H2,1-3H3. The average Bonchev–Trinajstić information content (AvgIpc) is 2.81. The number of phenolic OH excluding ortho intramolecular Hbond substituents is 2.